The molecule has 3 fully saturated rings. The minimum Gasteiger partial charge on any atom is -0.460 e. The summed E-state index contributed by atoms with van der Waals surface area (Å²) in [6.07, 6.45) is 4.76. The number of carbonyl (C=O) groups excluding carboxylic acids is 4. The van der Waals surface area contributed by atoms with Gasteiger partial charge in [-0.25, -0.2) is 0 Å². The minimum absolute atomic E-state index is 0.114. The molecular weight excluding hydrogens is 630 g/mol. The predicted octanol–water partition coefficient (Wildman–Crippen LogP) is 3.30. The van der Waals surface area contributed by atoms with E-state index in [1.54, 1.807) is 24.0 Å². The van der Waals surface area contributed by atoms with Crippen molar-refractivity contribution in [2.24, 2.45) is 11.8 Å². The molecule has 0 aliphatic carbocycles. The van der Waals surface area contributed by atoms with Crippen LogP contribution in [0.2, 0.25) is 0 Å². The molecule has 0 saturated carbocycles. The largest absolute Gasteiger partial charge is 0.460 e. The number of benzene rings is 1. The number of rotatable bonds is 16. The Bertz CT molecular complexity index is 1230. The first kappa shape index (κ1) is 33.9. The van der Waals surface area contributed by atoms with Gasteiger partial charge in [-0.3, -0.25) is 19.2 Å². The number of likely N-dealkylation sites (tertiary alicyclic amines) is 1. The first-order valence-corrected chi connectivity index (χ1v) is 16.3. The lowest BCUT2D eigenvalue weighted by atomic mass is 9.70. The van der Waals surface area contributed by atoms with Gasteiger partial charge in [0.15, 0.2) is 0 Å². The van der Waals surface area contributed by atoms with E-state index in [2.05, 4.69) is 34.4 Å². The second-order valence-corrected chi connectivity index (χ2v) is 13.0. The third-order valence-electron chi connectivity index (χ3n) is 8.85. The predicted molar refractivity (Wildman–Crippen MR) is 168 cm³/mol. The first-order chi connectivity index (χ1) is 21.1. The number of hydrogen-bond donors (Lipinski definition) is 2. The number of amides is 3. The highest BCUT2D eigenvalue weighted by molar-refractivity contribution is 9.09. The van der Waals surface area contributed by atoms with E-state index in [0.29, 0.717) is 24.9 Å². The molecule has 240 valence electrons. The average molecular weight is 675 g/mol. The normalized spacial score (nSPS) is 28.2. The van der Waals surface area contributed by atoms with Crippen molar-refractivity contribution in [3.05, 3.63) is 61.2 Å². The van der Waals surface area contributed by atoms with Gasteiger partial charge in [-0.2, -0.15) is 0 Å². The lowest BCUT2D eigenvalue weighted by Gasteiger charge is -2.39. The van der Waals surface area contributed by atoms with Crippen LogP contribution in [0, 0.1) is 11.8 Å². The topological polar surface area (TPSA) is 125 Å². The van der Waals surface area contributed by atoms with E-state index in [-0.39, 0.29) is 36.2 Å². The molecule has 1 aromatic rings. The molecule has 11 heteroatoms. The van der Waals surface area contributed by atoms with Crippen molar-refractivity contribution in [2.45, 2.75) is 80.7 Å². The molecule has 10 nitrogen and oxygen atoms in total. The van der Waals surface area contributed by atoms with Crippen molar-refractivity contribution < 1.29 is 33.8 Å². The molecule has 2 bridgehead atoms. The standard InChI is InChI=1S/C33H44BrN3O7/c1-5-8-15-25(39)35-19-21(4)43-32(42)26-27-30(40)37(24(20-38)22-13-11-10-12-14-22)29(33(27)18-23(34)28(26)44-33)31(41)36(16-7-3)17-9-6-2/h5,7,10-14,21,23-24,26-29,38H,1,3,6,8-9,15-20H2,2,4H3,(H,35,39)/t21-,23?,24-,26-,27+,28-,29-,33+/m1/s1. The van der Waals surface area contributed by atoms with E-state index in [9.17, 15) is 24.3 Å². The van der Waals surface area contributed by atoms with Crippen molar-refractivity contribution in [3.63, 3.8) is 0 Å². The van der Waals surface area contributed by atoms with Gasteiger partial charge in [0.05, 0.1) is 37.1 Å². The van der Waals surface area contributed by atoms with Gasteiger partial charge in [0.2, 0.25) is 17.7 Å². The average Bonchev–Trinajstić information content (AvgIpc) is 3.61. The number of aliphatic hydroxyl groups excluding tert-OH is 1. The number of esters is 1. The summed E-state index contributed by atoms with van der Waals surface area (Å²) in [4.78, 5) is 57.7. The van der Waals surface area contributed by atoms with Crippen LogP contribution in [0.25, 0.3) is 0 Å². The number of allylic oxidation sites excluding steroid dienone is 1. The Balaban J connectivity index is 1.69. The van der Waals surface area contributed by atoms with E-state index < -0.39 is 60.2 Å². The summed E-state index contributed by atoms with van der Waals surface area (Å²) in [6, 6.07) is 7.18. The van der Waals surface area contributed by atoms with Crippen molar-refractivity contribution >= 4 is 39.6 Å². The van der Waals surface area contributed by atoms with Gasteiger partial charge in [-0.15, -0.1) is 13.2 Å². The fourth-order valence-corrected chi connectivity index (χ4v) is 7.79. The Kier molecular flexibility index (Phi) is 11.4. The van der Waals surface area contributed by atoms with Crippen LogP contribution in [-0.4, -0.2) is 93.5 Å². The number of aliphatic hydroxyl groups is 1. The molecule has 1 unspecified atom stereocenters. The Morgan fingerprint density at radius 3 is 2.64 bits per heavy atom. The Morgan fingerprint density at radius 1 is 1.27 bits per heavy atom. The molecule has 3 saturated heterocycles. The van der Waals surface area contributed by atoms with Gasteiger partial charge >= 0.3 is 5.97 Å². The maximum absolute atomic E-state index is 14.5. The van der Waals surface area contributed by atoms with Crippen LogP contribution in [0.4, 0.5) is 0 Å². The summed E-state index contributed by atoms with van der Waals surface area (Å²) in [5.74, 6) is -3.47. The van der Waals surface area contributed by atoms with Gasteiger partial charge in [-0.1, -0.05) is 71.8 Å². The number of fused-ring (bicyclic) bond motifs is 1. The van der Waals surface area contributed by atoms with Gasteiger partial charge in [0, 0.05) is 24.3 Å². The highest BCUT2D eigenvalue weighted by Crippen LogP contribution is 2.61. The van der Waals surface area contributed by atoms with Crippen LogP contribution in [0.1, 0.15) is 57.6 Å². The molecule has 1 spiro atoms. The maximum atomic E-state index is 14.5. The summed E-state index contributed by atoms with van der Waals surface area (Å²) in [6.45, 7) is 11.6. The smallest absolute Gasteiger partial charge is 0.312 e. The summed E-state index contributed by atoms with van der Waals surface area (Å²) in [5.41, 5.74) is -0.627. The van der Waals surface area contributed by atoms with Crippen LogP contribution in [0.5, 0.6) is 0 Å². The van der Waals surface area contributed by atoms with E-state index in [1.165, 1.54) is 4.90 Å². The van der Waals surface area contributed by atoms with E-state index in [4.69, 9.17) is 9.47 Å². The van der Waals surface area contributed by atoms with Crippen LogP contribution in [0.3, 0.4) is 0 Å². The third-order valence-corrected chi connectivity index (χ3v) is 9.69. The molecular formula is C33H44BrN3O7. The highest BCUT2D eigenvalue weighted by atomic mass is 79.9. The van der Waals surface area contributed by atoms with Crippen molar-refractivity contribution in [3.8, 4) is 0 Å². The van der Waals surface area contributed by atoms with E-state index in [0.717, 1.165) is 12.8 Å². The molecule has 3 aliphatic rings. The Morgan fingerprint density at radius 2 is 2.00 bits per heavy atom. The zero-order valence-electron chi connectivity index (χ0n) is 25.5. The molecule has 1 aromatic carbocycles. The number of nitrogens with one attached hydrogen (secondary N) is 1. The quantitative estimate of drug-likeness (QED) is 0.157. The first-order valence-electron chi connectivity index (χ1n) is 15.4. The van der Waals surface area contributed by atoms with Gasteiger partial charge in [0.1, 0.15) is 17.7 Å². The summed E-state index contributed by atoms with van der Waals surface area (Å²) in [7, 11) is 0. The molecule has 0 radical (unpaired) electrons. The van der Waals surface area contributed by atoms with Crippen LogP contribution < -0.4 is 5.32 Å². The lowest BCUT2D eigenvalue weighted by Crippen LogP contribution is -2.57. The van der Waals surface area contributed by atoms with Gasteiger partial charge < -0.3 is 29.7 Å². The van der Waals surface area contributed by atoms with Gasteiger partial charge in [0.25, 0.3) is 0 Å². The molecule has 3 amide bonds. The molecule has 0 aromatic heterocycles. The second kappa shape index (κ2) is 14.8. The van der Waals surface area contributed by atoms with Gasteiger partial charge in [-0.05, 0) is 31.7 Å². The number of alkyl halides is 1. The number of unbranched alkanes of at least 4 members (excludes halogenated alkanes) is 1. The summed E-state index contributed by atoms with van der Waals surface area (Å²) in [5, 5.41) is 13.4. The SMILES string of the molecule is C=CCCC(=O)NC[C@@H](C)OC(=O)[C@H]1[C@@H]2O[C@@]3(CC2Br)[C@@H]1C(=O)N([C@H](CO)c1ccccc1)[C@@H]3C(=O)N(CC=C)CCCC. The number of ether oxygens (including phenoxy) is 2. The van der Waals surface area contributed by atoms with Crippen molar-refractivity contribution in [2.75, 3.05) is 26.2 Å². The summed E-state index contributed by atoms with van der Waals surface area (Å²) < 4.78 is 12.4. The van der Waals surface area contributed by atoms with E-state index in [1.807, 2.05) is 37.3 Å². The fourth-order valence-electron chi connectivity index (χ4n) is 6.85. The van der Waals surface area contributed by atoms with Crippen LogP contribution >= 0.6 is 15.9 Å². The molecule has 3 heterocycles. The van der Waals surface area contributed by atoms with E-state index >= 15 is 0 Å². The zero-order chi connectivity index (χ0) is 32.0. The monoisotopic (exact) mass is 673 g/mol. The second-order valence-electron chi connectivity index (χ2n) is 11.8. The number of halogens is 1. The number of carbonyl (C=O) groups is 4. The third kappa shape index (κ3) is 6.50. The maximum Gasteiger partial charge on any atom is 0.312 e. The summed E-state index contributed by atoms with van der Waals surface area (Å²) >= 11 is 3.68. The number of hydrogen-bond acceptors (Lipinski definition) is 7. The molecule has 4 rings (SSSR count). The minimum atomic E-state index is -1.30. The van der Waals surface area contributed by atoms with Crippen molar-refractivity contribution in [1.29, 1.82) is 0 Å². The Labute approximate surface area is 267 Å². The molecule has 3 aliphatic heterocycles. The molecule has 2 N–H and O–H groups in total. The van der Waals surface area contributed by atoms with Crippen LogP contribution in [0.15, 0.2) is 55.6 Å². The Hall–Kier alpha value is -3.02. The fraction of sp³-hybridized carbons (Fsp3) is 0.576. The lowest BCUT2D eigenvalue weighted by molar-refractivity contribution is -0.160. The zero-order valence-corrected chi connectivity index (χ0v) is 27.1. The highest BCUT2D eigenvalue weighted by Gasteiger charge is 2.77. The van der Waals surface area contributed by atoms with Crippen molar-refractivity contribution in [1.82, 2.24) is 15.1 Å². The van der Waals surface area contributed by atoms with Crippen LogP contribution in [-0.2, 0) is 28.7 Å². The number of nitrogens with zero attached hydrogens (tertiary/aromatic N) is 2. The molecule has 8 atom stereocenters. The molecule has 44 heavy (non-hydrogen) atoms.